The van der Waals surface area contributed by atoms with E-state index in [2.05, 4.69) is 34.6 Å². The Morgan fingerprint density at radius 3 is 2.02 bits per heavy atom. The molecule has 0 aromatic rings. The molecule has 2 heterocycles. The van der Waals surface area contributed by atoms with Gasteiger partial charge in [0.15, 0.2) is 0 Å². The van der Waals surface area contributed by atoms with Crippen LogP contribution in [0.15, 0.2) is 11.6 Å². The Morgan fingerprint density at radius 1 is 0.857 bits per heavy atom. The van der Waals surface area contributed by atoms with Gasteiger partial charge in [-0.05, 0) is 43.4 Å². The van der Waals surface area contributed by atoms with E-state index in [9.17, 15) is 24.3 Å². The Morgan fingerprint density at radius 2 is 1.45 bits per heavy atom. The van der Waals surface area contributed by atoms with Gasteiger partial charge in [0.1, 0.15) is 23.9 Å². The van der Waals surface area contributed by atoms with Crippen molar-refractivity contribution in [2.24, 2.45) is 39.4 Å². The van der Waals surface area contributed by atoms with Crippen molar-refractivity contribution in [2.75, 3.05) is 0 Å². The average molecular weight is 589 g/mol. The first-order valence-corrected chi connectivity index (χ1v) is 15.2. The molecule has 0 aromatic carbocycles. The Hall–Kier alpha value is -2.46. The van der Waals surface area contributed by atoms with Crippen molar-refractivity contribution in [1.82, 2.24) is 0 Å². The van der Waals surface area contributed by atoms with Crippen molar-refractivity contribution < 1.29 is 48.0 Å². The summed E-state index contributed by atoms with van der Waals surface area (Å²) in [6.07, 6.45) is 1.41. The molecule has 0 bridgehead atoms. The van der Waals surface area contributed by atoms with Gasteiger partial charge < -0.3 is 28.8 Å². The number of esters is 4. The number of aliphatic hydroxyl groups is 1. The number of hydrogen-bond donors (Lipinski definition) is 1. The van der Waals surface area contributed by atoms with Gasteiger partial charge in [-0.15, -0.1) is 0 Å². The zero-order valence-electron chi connectivity index (χ0n) is 25.9. The molecule has 1 unspecified atom stereocenters. The van der Waals surface area contributed by atoms with Crippen LogP contribution in [0.2, 0.25) is 0 Å². The second-order valence-corrected chi connectivity index (χ2v) is 14.9. The summed E-state index contributed by atoms with van der Waals surface area (Å²) in [7, 11) is 0. The van der Waals surface area contributed by atoms with Gasteiger partial charge in [-0.2, -0.15) is 0 Å². The Bertz CT molecular complexity index is 1270. The summed E-state index contributed by atoms with van der Waals surface area (Å²) in [5, 5.41) is 10.6. The van der Waals surface area contributed by atoms with Crippen LogP contribution in [0.25, 0.3) is 0 Å². The van der Waals surface area contributed by atoms with Gasteiger partial charge in [-0.3, -0.25) is 14.4 Å². The minimum Gasteiger partial charge on any atom is -0.462 e. The topological polar surface area (TPSA) is 138 Å². The van der Waals surface area contributed by atoms with E-state index < -0.39 is 63.8 Å². The number of hydrogen-bond acceptors (Lipinski definition) is 10. The number of epoxide rings is 1. The summed E-state index contributed by atoms with van der Waals surface area (Å²) in [6.45, 7) is 15.0. The molecular formula is C32H44O10. The van der Waals surface area contributed by atoms with Crippen LogP contribution in [-0.4, -0.2) is 65.3 Å². The highest BCUT2D eigenvalue weighted by atomic mass is 16.6. The summed E-state index contributed by atoms with van der Waals surface area (Å²) in [4.78, 5) is 49.5. The molecule has 0 radical (unpaired) electrons. The first-order chi connectivity index (χ1) is 19.4. The molecule has 0 aromatic heterocycles. The second-order valence-electron chi connectivity index (χ2n) is 14.9. The van der Waals surface area contributed by atoms with Gasteiger partial charge in [0.2, 0.25) is 6.29 Å². The number of rotatable bonds is 4. The number of carbonyl (C=O) groups is 4. The molecule has 10 heteroatoms. The fourth-order valence-electron chi connectivity index (χ4n) is 11.3. The number of carbonyl (C=O) groups excluding carboxylic acids is 4. The average Bonchev–Trinajstić information content (AvgIpc) is 3.42. The fraction of sp³-hybridized carbons (Fsp3) is 0.812. The Kier molecular flexibility index (Phi) is 6.37. The molecule has 1 N–H and O–H groups in total. The predicted octanol–water partition coefficient (Wildman–Crippen LogP) is 3.62. The molecule has 0 amide bonds. The quantitative estimate of drug-likeness (QED) is 0.294. The number of ether oxygens (including phenoxy) is 5. The molecule has 2 aliphatic heterocycles. The number of aliphatic hydroxyl groups excluding tert-OH is 1. The van der Waals surface area contributed by atoms with Gasteiger partial charge in [-0.1, -0.05) is 34.6 Å². The monoisotopic (exact) mass is 588 g/mol. The molecule has 6 rings (SSSR count). The maximum Gasteiger partial charge on any atom is 0.333 e. The van der Waals surface area contributed by atoms with Gasteiger partial charge in [0.25, 0.3) is 0 Å². The van der Waals surface area contributed by atoms with Crippen molar-refractivity contribution in [3.63, 3.8) is 0 Å². The molecule has 12 atom stereocenters. The highest BCUT2D eigenvalue weighted by molar-refractivity contribution is 5.85. The molecule has 6 aliphatic rings. The lowest BCUT2D eigenvalue weighted by atomic mass is 9.35. The summed E-state index contributed by atoms with van der Waals surface area (Å²) in [5.41, 5.74) is -2.29. The molecule has 4 saturated carbocycles. The van der Waals surface area contributed by atoms with E-state index in [1.807, 2.05) is 0 Å². The van der Waals surface area contributed by atoms with Crippen LogP contribution in [0.5, 0.6) is 0 Å². The van der Waals surface area contributed by atoms with Crippen LogP contribution in [0.1, 0.15) is 87.5 Å². The molecular weight excluding hydrogens is 544 g/mol. The SMILES string of the molecule is CC(=O)O[C@H]1C[C@@H](OC(C)=O)C(C)(C)[C@@H]2C[C@@H](OC(C)=O)[C@]3(C)[C@H](CC[C@@]4(C)[C@H](C5=CC(=O)OC5O)C[C@H]5O[C@@]534)[C@@]12C. The fourth-order valence-corrected chi connectivity index (χ4v) is 11.3. The van der Waals surface area contributed by atoms with Crippen LogP contribution in [0.4, 0.5) is 0 Å². The lowest BCUT2D eigenvalue weighted by molar-refractivity contribution is -0.290. The molecule has 232 valence electrons. The van der Waals surface area contributed by atoms with Crippen LogP contribution >= 0.6 is 0 Å². The molecule has 1 saturated heterocycles. The third kappa shape index (κ3) is 3.57. The van der Waals surface area contributed by atoms with Crippen LogP contribution < -0.4 is 0 Å². The summed E-state index contributed by atoms with van der Waals surface area (Å²) < 4.78 is 30.1. The van der Waals surface area contributed by atoms with E-state index in [1.165, 1.54) is 26.8 Å². The second kappa shape index (κ2) is 9.03. The van der Waals surface area contributed by atoms with E-state index in [4.69, 9.17) is 23.7 Å². The van der Waals surface area contributed by atoms with E-state index in [1.54, 1.807) is 0 Å². The highest BCUT2D eigenvalue weighted by Crippen LogP contribution is 2.82. The molecule has 42 heavy (non-hydrogen) atoms. The van der Waals surface area contributed by atoms with Crippen molar-refractivity contribution in [2.45, 2.75) is 124 Å². The molecule has 1 spiro atoms. The van der Waals surface area contributed by atoms with E-state index in [-0.39, 0.29) is 35.8 Å². The van der Waals surface area contributed by atoms with Crippen molar-refractivity contribution >= 4 is 23.9 Å². The highest BCUT2D eigenvalue weighted by Gasteiger charge is 2.88. The minimum absolute atomic E-state index is 0.0767. The summed E-state index contributed by atoms with van der Waals surface area (Å²) in [6, 6.07) is 0. The van der Waals surface area contributed by atoms with E-state index >= 15 is 0 Å². The zero-order valence-corrected chi connectivity index (χ0v) is 25.9. The lowest BCUT2D eigenvalue weighted by Gasteiger charge is -2.70. The zero-order chi connectivity index (χ0) is 30.8. The lowest BCUT2D eigenvalue weighted by Crippen LogP contribution is -2.74. The number of cyclic esters (lactones) is 1. The standard InChI is InChI=1S/C32H44O10/c1-15(33)38-22-14-23(39-16(2)34)30(7)20-9-10-29(6)19(18-11-26(36)41-27(18)37)12-25-32(29,42-25)31(20,8)24(40-17(3)35)13-21(30)28(22,4)5/h11,19-25,27,37H,9-10,12-14H2,1-8H3/t19-,20+,21-,22+,23-,24+,25+,27?,29-,30+,31-,32+/m0/s1. The van der Waals surface area contributed by atoms with Crippen molar-refractivity contribution in [3.8, 4) is 0 Å². The maximum atomic E-state index is 12.7. The first kappa shape index (κ1) is 29.6. The van der Waals surface area contributed by atoms with Crippen LogP contribution in [0.3, 0.4) is 0 Å². The number of fused-ring (bicyclic) bond motifs is 3. The normalized spacial score (nSPS) is 49.7. The minimum atomic E-state index is -1.28. The third-order valence-electron chi connectivity index (χ3n) is 12.9. The Balaban J connectivity index is 1.49. The van der Waals surface area contributed by atoms with Crippen molar-refractivity contribution in [3.05, 3.63) is 11.6 Å². The van der Waals surface area contributed by atoms with Crippen LogP contribution in [0, 0.1) is 39.4 Å². The maximum absolute atomic E-state index is 12.7. The van der Waals surface area contributed by atoms with Crippen molar-refractivity contribution in [1.29, 1.82) is 0 Å². The van der Waals surface area contributed by atoms with Gasteiger partial charge >= 0.3 is 23.9 Å². The van der Waals surface area contributed by atoms with Gasteiger partial charge in [0.05, 0.1) is 6.10 Å². The predicted molar refractivity (Wildman–Crippen MR) is 146 cm³/mol. The van der Waals surface area contributed by atoms with Crippen LogP contribution in [-0.2, 0) is 42.9 Å². The molecule has 10 nitrogen and oxygen atoms in total. The molecule has 5 fully saturated rings. The third-order valence-corrected chi connectivity index (χ3v) is 12.9. The van der Waals surface area contributed by atoms with Gasteiger partial charge in [-0.25, -0.2) is 4.79 Å². The largest absolute Gasteiger partial charge is 0.462 e. The Labute approximate surface area is 246 Å². The van der Waals surface area contributed by atoms with E-state index in [0.717, 1.165) is 12.8 Å². The summed E-state index contributed by atoms with van der Waals surface area (Å²) in [5.74, 6) is -2.04. The summed E-state index contributed by atoms with van der Waals surface area (Å²) >= 11 is 0. The smallest absolute Gasteiger partial charge is 0.333 e. The van der Waals surface area contributed by atoms with Gasteiger partial charge in [0, 0.05) is 60.5 Å². The first-order valence-electron chi connectivity index (χ1n) is 15.2. The van der Waals surface area contributed by atoms with E-state index in [0.29, 0.717) is 24.8 Å². The molecule has 4 aliphatic carbocycles.